The largest absolute Gasteiger partial charge is 0.383 e. The lowest BCUT2D eigenvalue weighted by Crippen LogP contribution is -2.49. The maximum Gasteiger partial charge on any atom is 0.234 e. The number of aryl methyl sites for hydroxylation is 1. The maximum atomic E-state index is 11.8. The van der Waals surface area contributed by atoms with Gasteiger partial charge in [-0.15, -0.1) is 11.3 Å². The van der Waals surface area contributed by atoms with Crippen LogP contribution in [0.1, 0.15) is 17.6 Å². The summed E-state index contributed by atoms with van der Waals surface area (Å²) >= 11 is 1.75. The van der Waals surface area contributed by atoms with Crippen molar-refractivity contribution in [2.24, 2.45) is 0 Å². The van der Waals surface area contributed by atoms with Crippen molar-refractivity contribution in [2.45, 2.75) is 19.9 Å². The van der Waals surface area contributed by atoms with Crippen LogP contribution in [-0.2, 0) is 22.5 Å². The Morgan fingerprint density at radius 2 is 2.09 bits per heavy atom. The summed E-state index contributed by atoms with van der Waals surface area (Å²) in [5.41, 5.74) is 1.17. The Morgan fingerprint density at radius 1 is 1.36 bits per heavy atom. The molecule has 22 heavy (non-hydrogen) atoms. The number of carbonyl (C=O) groups excluding carboxylic acids is 1. The third-order valence-electron chi connectivity index (χ3n) is 3.75. The molecule has 1 aromatic heterocycles. The van der Waals surface area contributed by atoms with Crippen LogP contribution in [0.3, 0.4) is 0 Å². The molecular formula is C15H26N4O2S. The Bertz CT molecular complexity index is 458. The van der Waals surface area contributed by atoms with E-state index in [1.54, 1.807) is 18.4 Å². The molecule has 2 rings (SSSR count). The molecule has 0 aromatic carbocycles. The predicted octanol–water partition coefficient (Wildman–Crippen LogP) is 0.586. The number of hydrogen-bond acceptors (Lipinski definition) is 6. The average molecular weight is 326 g/mol. The number of aromatic nitrogens is 1. The zero-order valence-electron chi connectivity index (χ0n) is 13.5. The zero-order chi connectivity index (χ0) is 15.8. The first-order chi connectivity index (χ1) is 10.7. The van der Waals surface area contributed by atoms with Gasteiger partial charge in [0.05, 0.1) is 23.9 Å². The van der Waals surface area contributed by atoms with E-state index in [9.17, 15) is 4.79 Å². The van der Waals surface area contributed by atoms with Crippen molar-refractivity contribution in [3.63, 3.8) is 0 Å². The molecule has 1 amide bonds. The summed E-state index contributed by atoms with van der Waals surface area (Å²) in [7, 11) is 1.64. The first-order valence-corrected chi connectivity index (χ1v) is 8.73. The van der Waals surface area contributed by atoms with E-state index in [1.807, 2.05) is 0 Å². The van der Waals surface area contributed by atoms with E-state index < -0.39 is 0 Å². The molecule has 6 nitrogen and oxygen atoms in total. The Morgan fingerprint density at radius 3 is 2.73 bits per heavy atom. The van der Waals surface area contributed by atoms with Crippen molar-refractivity contribution in [1.82, 2.24) is 20.1 Å². The molecule has 1 N–H and O–H groups in total. The van der Waals surface area contributed by atoms with Crippen LogP contribution in [-0.4, -0.2) is 73.7 Å². The molecule has 124 valence electrons. The predicted molar refractivity (Wildman–Crippen MR) is 88.1 cm³/mol. The number of nitrogens with zero attached hydrogens (tertiary/aromatic N) is 3. The minimum atomic E-state index is 0.0811. The molecule has 0 aliphatic carbocycles. The van der Waals surface area contributed by atoms with Gasteiger partial charge >= 0.3 is 0 Å². The molecule has 0 unspecified atom stereocenters. The van der Waals surface area contributed by atoms with Gasteiger partial charge in [-0.25, -0.2) is 4.98 Å². The lowest BCUT2D eigenvalue weighted by atomic mass is 10.3. The first-order valence-electron chi connectivity index (χ1n) is 7.85. The molecule has 7 heteroatoms. The van der Waals surface area contributed by atoms with Crippen molar-refractivity contribution in [3.8, 4) is 0 Å². The molecule has 2 heterocycles. The SMILES string of the molecule is CCc1nc(CN2CCN(CC(=O)NCCOC)CC2)cs1. The summed E-state index contributed by atoms with van der Waals surface area (Å²) in [6.07, 6.45) is 1.01. The number of methoxy groups -OCH3 is 1. The molecule has 0 saturated carbocycles. The second-order valence-corrected chi connectivity index (χ2v) is 6.42. The van der Waals surface area contributed by atoms with Gasteiger partial charge in [-0.1, -0.05) is 6.92 Å². The maximum absolute atomic E-state index is 11.8. The van der Waals surface area contributed by atoms with Gasteiger partial charge in [0.1, 0.15) is 0 Å². The van der Waals surface area contributed by atoms with Gasteiger partial charge < -0.3 is 10.1 Å². The fraction of sp³-hybridized carbons (Fsp3) is 0.733. The first kappa shape index (κ1) is 17.3. The molecule has 0 spiro atoms. The van der Waals surface area contributed by atoms with Gasteiger partial charge in [0, 0.05) is 51.8 Å². The molecular weight excluding hydrogens is 300 g/mol. The van der Waals surface area contributed by atoms with Gasteiger partial charge in [-0.05, 0) is 6.42 Å². The van der Waals surface area contributed by atoms with E-state index >= 15 is 0 Å². The Kier molecular flexibility index (Phi) is 7.24. The van der Waals surface area contributed by atoms with Gasteiger partial charge in [0.15, 0.2) is 0 Å². The van der Waals surface area contributed by atoms with E-state index in [-0.39, 0.29) is 5.91 Å². The highest BCUT2D eigenvalue weighted by molar-refractivity contribution is 7.09. The summed E-state index contributed by atoms with van der Waals surface area (Å²) < 4.78 is 4.92. The molecule has 1 aliphatic rings. The number of hydrogen-bond donors (Lipinski definition) is 1. The highest BCUT2D eigenvalue weighted by atomic mass is 32.1. The second-order valence-electron chi connectivity index (χ2n) is 5.48. The fourth-order valence-corrected chi connectivity index (χ4v) is 3.21. The zero-order valence-corrected chi connectivity index (χ0v) is 14.3. The summed E-state index contributed by atoms with van der Waals surface area (Å²) in [4.78, 5) is 21.0. The van der Waals surface area contributed by atoms with Gasteiger partial charge in [-0.2, -0.15) is 0 Å². The Labute approximate surface area is 136 Å². The molecule has 0 radical (unpaired) electrons. The van der Waals surface area contributed by atoms with Crippen LogP contribution in [0.5, 0.6) is 0 Å². The van der Waals surface area contributed by atoms with E-state index in [4.69, 9.17) is 4.74 Å². The Balaban J connectivity index is 1.66. The number of amides is 1. The van der Waals surface area contributed by atoms with Crippen molar-refractivity contribution in [3.05, 3.63) is 16.1 Å². The highest BCUT2D eigenvalue weighted by Gasteiger charge is 2.19. The fourth-order valence-electron chi connectivity index (χ4n) is 2.47. The minimum Gasteiger partial charge on any atom is -0.383 e. The van der Waals surface area contributed by atoms with Gasteiger partial charge in [0.25, 0.3) is 0 Å². The number of rotatable bonds is 8. The van der Waals surface area contributed by atoms with Crippen LogP contribution in [0, 0.1) is 0 Å². The monoisotopic (exact) mass is 326 g/mol. The third-order valence-corrected chi connectivity index (χ3v) is 4.79. The number of thiazole rings is 1. The average Bonchev–Trinajstić information content (AvgIpc) is 2.97. The standard InChI is InChI=1S/C15H26N4O2S/c1-3-15-17-13(12-22-15)10-18-5-7-19(8-6-18)11-14(20)16-4-9-21-2/h12H,3-11H2,1-2H3,(H,16,20). The Hall–Kier alpha value is -1.02. The minimum absolute atomic E-state index is 0.0811. The highest BCUT2D eigenvalue weighted by Crippen LogP contribution is 2.13. The van der Waals surface area contributed by atoms with Crippen molar-refractivity contribution in [2.75, 3.05) is 53.0 Å². The number of piperazine rings is 1. The summed E-state index contributed by atoms with van der Waals surface area (Å²) in [6, 6.07) is 0. The summed E-state index contributed by atoms with van der Waals surface area (Å²) in [6.45, 7) is 8.53. The number of carbonyl (C=O) groups is 1. The second kappa shape index (κ2) is 9.19. The van der Waals surface area contributed by atoms with Crippen LogP contribution in [0.4, 0.5) is 0 Å². The van der Waals surface area contributed by atoms with Crippen molar-refractivity contribution < 1.29 is 9.53 Å². The van der Waals surface area contributed by atoms with E-state index in [0.717, 1.165) is 39.1 Å². The van der Waals surface area contributed by atoms with E-state index in [2.05, 4.69) is 32.4 Å². The topological polar surface area (TPSA) is 57.7 Å². The number of nitrogens with one attached hydrogen (secondary N) is 1. The van der Waals surface area contributed by atoms with Gasteiger partial charge in [0.2, 0.25) is 5.91 Å². The van der Waals surface area contributed by atoms with Crippen molar-refractivity contribution >= 4 is 17.2 Å². The van der Waals surface area contributed by atoms with E-state index in [1.165, 1.54) is 10.7 Å². The van der Waals surface area contributed by atoms with Crippen LogP contribution in [0.25, 0.3) is 0 Å². The lowest BCUT2D eigenvalue weighted by molar-refractivity contribution is -0.122. The van der Waals surface area contributed by atoms with Crippen LogP contribution >= 0.6 is 11.3 Å². The summed E-state index contributed by atoms with van der Waals surface area (Å²) in [5, 5.41) is 6.23. The van der Waals surface area contributed by atoms with Crippen LogP contribution in [0.15, 0.2) is 5.38 Å². The van der Waals surface area contributed by atoms with E-state index in [0.29, 0.717) is 19.7 Å². The van der Waals surface area contributed by atoms with Crippen LogP contribution < -0.4 is 5.32 Å². The molecule has 0 bridgehead atoms. The van der Waals surface area contributed by atoms with Crippen molar-refractivity contribution in [1.29, 1.82) is 0 Å². The lowest BCUT2D eigenvalue weighted by Gasteiger charge is -2.33. The van der Waals surface area contributed by atoms with Crippen LogP contribution in [0.2, 0.25) is 0 Å². The molecule has 1 aromatic rings. The molecule has 0 atom stereocenters. The third kappa shape index (κ3) is 5.64. The van der Waals surface area contributed by atoms with Gasteiger partial charge in [-0.3, -0.25) is 14.6 Å². The normalized spacial score (nSPS) is 16.8. The molecule has 1 saturated heterocycles. The quantitative estimate of drug-likeness (QED) is 0.709. The molecule has 1 aliphatic heterocycles. The smallest absolute Gasteiger partial charge is 0.234 e. The number of ether oxygens (including phenoxy) is 1. The summed E-state index contributed by atoms with van der Waals surface area (Å²) in [5.74, 6) is 0.0811. The molecule has 1 fully saturated rings.